The molecule has 27 heavy (non-hydrogen) atoms. The van der Waals surface area contributed by atoms with E-state index < -0.39 is 17.9 Å². The van der Waals surface area contributed by atoms with Gasteiger partial charge in [-0.3, -0.25) is 9.78 Å². The minimum Gasteiger partial charge on any atom is -0.480 e. The van der Waals surface area contributed by atoms with E-state index in [0.29, 0.717) is 11.1 Å². The van der Waals surface area contributed by atoms with Crippen LogP contribution in [0.1, 0.15) is 15.9 Å². The van der Waals surface area contributed by atoms with E-state index in [-0.39, 0.29) is 22.0 Å². The molecule has 0 saturated heterocycles. The minimum atomic E-state index is -1.17. The Labute approximate surface area is 173 Å². The summed E-state index contributed by atoms with van der Waals surface area (Å²) < 4.78 is 0.855. The number of pyridine rings is 1. The SMILES string of the molecule is O=C(NC(Cc1ccc(Br)c2cccnc12)C(=O)O)c1c(Cl)cccc1Cl. The topological polar surface area (TPSA) is 79.3 Å². The lowest BCUT2D eigenvalue weighted by atomic mass is 10.0. The van der Waals surface area contributed by atoms with Crippen molar-refractivity contribution in [2.24, 2.45) is 0 Å². The van der Waals surface area contributed by atoms with Gasteiger partial charge >= 0.3 is 5.97 Å². The van der Waals surface area contributed by atoms with E-state index in [1.807, 2.05) is 12.1 Å². The van der Waals surface area contributed by atoms with Gasteiger partial charge in [-0.25, -0.2) is 4.79 Å². The molecule has 0 aliphatic heterocycles. The number of fused-ring (bicyclic) bond motifs is 1. The van der Waals surface area contributed by atoms with E-state index in [1.54, 1.807) is 24.4 Å². The largest absolute Gasteiger partial charge is 0.480 e. The molecule has 2 aromatic carbocycles. The van der Waals surface area contributed by atoms with Crippen LogP contribution in [0.25, 0.3) is 10.9 Å². The van der Waals surface area contributed by atoms with E-state index in [9.17, 15) is 14.7 Å². The van der Waals surface area contributed by atoms with E-state index in [4.69, 9.17) is 23.2 Å². The summed E-state index contributed by atoms with van der Waals surface area (Å²) in [5.41, 5.74) is 1.42. The average molecular weight is 468 g/mol. The highest BCUT2D eigenvalue weighted by Crippen LogP contribution is 2.27. The van der Waals surface area contributed by atoms with E-state index in [1.165, 1.54) is 12.1 Å². The number of hydrogen-bond donors (Lipinski definition) is 2. The van der Waals surface area contributed by atoms with Crippen molar-refractivity contribution in [3.05, 3.63) is 74.3 Å². The van der Waals surface area contributed by atoms with Gasteiger partial charge in [-0.05, 0) is 29.8 Å². The van der Waals surface area contributed by atoms with Gasteiger partial charge in [0.2, 0.25) is 0 Å². The van der Waals surface area contributed by atoms with E-state index in [2.05, 4.69) is 26.2 Å². The standard InChI is InChI=1S/C19H13BrCl2N2O3/c20-12-7-6-10(17-11(12)3-2-8-23-17)9-15(19(26)27)24-18(25)16-13(21)4-1-5-14(16)22/h1-8,15H,9H2,(H,24,25)(H,26,27). The Bertz CT molecular complexity index is 1020. The zero-order valence-corrected chi connectivity index (χ0v) is 16.8. The molecule has 1 aromatic heterocycles. The molecule has 3 rings (SSSR count). The Morgan fingerprint density at radius 2 is 1.81 bits per heavy atom. The molecule has 0 aliphatic carbocycles. The van der Waals surface area contributed by atoms with Gasteiger partial charge in [-0.2, -0.15) is 0 Å². The minimum absolute atomic E-state index is 0.0471. The van der Waals surface area contributed by atoms with Crippen LogP contribution in [-0.4, -0.2) is 28.0 Å². The van der Waals surface area contributed by atoms with Gasteiger partial charge in [0.15, 0.2) is 0 Å². The van der Waals surface area contributed by atoms with Crippen LogP contribution in [-0.2, 0) is 11.2 Å². The molecule has 0 aliphatic rings. The zero-order valence-electron chi connectivity index (χ0n) is 13.7. The van der Waals surface area contributed by atoms with Crippen LogP contribution in [0.3, 0.4) is 0 Å². The molecule has 5 nitrogen and oxygen atoms in total. The summed E-state index contributed by atoms with van der Waals surface area (Å²) in [7, 11) is 0. The number of halogens is 3. The Morgan fingerprint density at radius 1 is 1.11 bits per heavy atom. The van der Waals surface area contributed by atoms with Crippen molar-refractivity contribution in [3.63, 3.8) is 0 Å². The summed E-state index contributed by atoms with van der Waals surface area (Å²) in [4.78, 5) is 28.6. The van der Waals surface area contributed by atoms with Crippen molar-refractivity contribution in [2.75, 3.05) is 0 Å². The maximum atomic E-state index is 12.5. The summed E-state index contributed by atoms with van der Waals surface area (Å²) in [5, 5.41) is 13.2. The Morgan fingerprint density at radius 3 is 2.48 bits per heavy atom. The van der Waals surface area contributed by atoms with Gasteiger partial charge in [0.1, 0.15) is 6.04 Å². The van der Waals surface area contributed by atoms with Gasteiger partial charge in [0.05, 0.1) is 21.1 Å². The number of carboxylic acids is 1. The van der Waals surface area contributed by atoms with Crippen molar-refractivity contribution in [2.45, 2.75) is 12.5 Å². The molecule has 2 N–H and O–H groups in total. The third kappa shape index (κ3) is 4.24. The molecule has 1 heterocycles. The second-order valence-electron chi connectivity index (χ2n) is 5.77. The smallest absolute Gasteiger partial charge is 0.326 e. The fourth-order valence-electron chi connectivity index (χ4n) is 2.73. The van der Waals surface area contributed by atoms with Crippen LogP contribution in [0.4, 0.5) is 0 Å². The molecule has 0 radical (unpaired) electrons. The lowest BCUT2D eigenvalue weighted by Gasteiger charge is -2.17. The summed E-state index contributed by atoms with van der Waals surface area (Å²) >= 11 is 15.5. The number of nitrogens with zero attached hydrogens (tertiary/aromatic N) is 1. The lowest BCUT2D eigenvalue weighted by Crippen LogP contribution is -2.42. The number of benzene rings is 2. The molecule has 0 fully saturated rings. The summed E-state index contributed by atoms with van der Waals surface area (Å²) in [5.74, 6) is -1.81. The number of carboxylic acid groups (broad SMARTS) is 1. The maximum absolute atomic E-state index is 12.5. The summed E-state index contributed by atoms with van der Waals surface area (Å²) in [6.07, 6.45) is 1.69. The maximum Gasteiger partial charge on any atom is 0.326 e. The van der Waals surface area contributed by atoms with Gasteiger partial charge in [-0.15, -0.1) is 0 Å². The van der Waals surface area contributed by atoms with Crippen molar-refractivity contribution >= 4 is 61.9 Å². The second kappa shape index (κ2) is 8.25. The fraction of sp³-hybridized carbons (Fsp3) is 0.105. The second-order valence-corrected chi connectivity index (χ2v) is 7.44. The van der Waals surface area contributed by atoms with E-state index in [0.717, 1.165) is 9.86 Å². The first-order valence-electron chi connectivity index (χ1n) is 7.88. The van der Waals surface area contributed by atoms with Crippen LogP contribution in [0, 0.1) is 0 Å². The Balaban J connectivity index is 1.91. The number of nitrogens with one attached hydrogen (secondary N) is 1. The van der Waals surface area contributed by atoms with Gasteiger partial charge in [0, 0.05) is 22.5 Å². The predicted octanol–water partition coefficient (Wildman–Crippen LogP) is 4.73. The van der Waals surface area contributed by atoms with Crippen LogP contribution in [0.15, 0.2) is 53.1 Å². The molecular formula is C19H13BrCl2N2O3. The Hall–Kier alpha value is -2.15. The molecule has 0 spiro atoms. The molecular weight excluding hydrogens is 455 g/mol. The number of rotatable bonds is 5. The number of carbonyl (C=O) groups is 2. The number of aromatic nitrogens is 1. The summed E-state index contributed by atoms with van der Waals surface area (Å²) in [6.45, 7) is 0. The quantitative estimate of drug-likeness (QED) is 0.568. The number of carbonyl (C=O) groups excluding carboxylic acids is 1. The highest BCUT2D eigenvalue weighted by molar-refractivity contribution is 9.10. The fourth-order valence-corrected chi connectivity index (χ4v) is 3.75. The van der Waals surface area contributed by atoms with Crippen LogP contribution >= 0.6 is 39.1 Å². The highest BCUT2D eigenvalue weighted by Gasteiger charge is 2.24. The molecule has 1 amide bonds. The molecule has 3 aromatic rings. The highest BCUT2D eigenvalue weighted by atomic mass is 79.9. The van der Waals surface area contributed by atoms with Crippen molar-refractivity contribution in [3.8, 4) is 0 Å². The predicted molar refractivity (Wildman–Crippen MR) is 108 cm³/mol. The molecule has 0 bridgehead atoms. The third-order valence-corrected chi connectivity index (χ3v) is 5.34. The molecule has 138 valence electrons. The number of aliphatic carboxylic acids is 1. The normalized spacial score (nSPS) is 12.0. The molecule has 8 heteroatoms. The van der Waals surface area contributed by atoms with Crippen molar-refractivity contribution in [1.82, 2.24) is 10.3 Å². The average Bonchev–Trinajstić information content (AvgIpc) is 2.63. The first kappa shape index (κ1) is 19.6. The van der Waals surface area contributed by atoms with Crippen LogP contribution < -0.4 is 5.32 Å². The van der Waals surface area contributed by atoms with Gasteiger partial charge in [0.25, 0.3) is 5.91 Å². The van der Waals surface area contributed by atoms with Gasteiger partial charge < -0.3 is 10.4 Å². The first-order valence-corrected chi connectivity index (χ1v) is 9.43. The van der Waals surface area contributed by atoms with E-state index >= 15 is 0 Å². The number of amides is 1. The number of hydrogen-bond acceptors (Lipinski definition) is 3. The lowest BCUT2D eigenvalue weighted by molar-refractivity contribution is -0.139. The zero-order chi connectivity index (χ0) is 19.6. The molecule has 1 atom stereocenters. The molecule has 0 saturated carbocycles. The third-order valence-electron chi connectivity index (χ3n) is 4.02. The van der Waals surface area contributed by atoms with Gasteiger partial charge in [-0.1, -0.05) is 57.3 Å². The van der Waals surface area contributed by atoms with Crippen molar-refractivity contribution in [1.29, 1.82) is 0 Å². The summed E-state index contributed by atoms with van der Waals surface area (Å²) in [6, 6.07) is 10.8. The Kier molecular flexibility index (Phi) is 5.99. The monoisotopic (exact) mass is 466 g/mol. The first-order chi connectivity index (χ1) is 12.9. The van der Waals surface area contributed by atoms with Crippen molar-refractivity contribution < 1.29 is 14.7 Å². The van der Waals surface area contributed by atoms with Crippen LogP contribution in [0.2, 0.25) is 10.0 Å². The molecule has 1 unspecified atom stereocenters. The van der Waals surface area contributed by atoms with Crippen LogP contribution in [0.5, 0.6) is 0 Å².